The standard InChI is InChI=1S/C11H22N4O2S/c1-5-18(16,17)14-6-9(2)12-7-11-8-13-15(4)10(11)3/h8-9,12,14H,5-7H2,1-4H3. The molecule has 1 aromatic heterocycles. The summed E-state index contributed by atoms with van der Waals surface area (Å²) in [4.78, 5) is 0. The summed E-state index contributed by atoms with van der Waals surface area (Å²) >= 11 is 0. The van der Waals surface area contributed by atoms with Crippen molar-refractivity contribution in [2.75, 3.05) is 12.3 Å². The van der Waals surface area contributed by atoms with Gasteiger partial charge in [-0.3, -0.25) is 4.68 Å². The Labute approximate surface area is 109 Å². The first kappa shape index (κ1) is 15.1. The fourth-order valence-electron chi connectivity index (χ4n) is 1.43. The molecule has 0 fully saturated rings. The van der Waals surface area contributed by atoms with Crippen molar-refractivity contribution in [3.8, 4) is 0 Å². The number of hydrogen-bond donors (Lipinski definition) is 2. The number of aryl methyl sites for hydroxylation is 1. The van der Waals surface area contributed by atoms with Gasteiger partial charge in [0, 0.05) is 37.4 Å². The van der Waals surface area contributed by atoms with E-state index in [9.17, 15) is 8.42 Å². The molecule has 0 aliphatic carbocycles. The molecule has 0 aromatic carbocycles. The van der Waals surface area contributed by atoms with Crippen molar-refractivity contribution >= 4 is 10.0 Å². The van der Waals surface area contributed by atoms with Crippen LogP contribution >= 0.6 is 0 Å². The predicted octanol–water partition coefficient (Wildman–Crippen LogP) is 0.146. The van der Waals surface area contributed by atoms with Crippen LogP contribution in [0.5, 0.6) is 0 Å². The van der Waals surface area contributed by atoms with Gasteiger partial charge < -0.3 is 5.32 Å². The smallest absolute Gasteiger partial charge is 0.211 e. The first-order chi connectivity index (χ1) is 8.35. The molecule has 0 bridgehead atoms. The molecule has 0 aliphatic rings. The summed E-state index contributed by atoms with van der Waals surface area (Å²) in [5, 5.41) is 7.43. The van der Waals surface area contributed by atoms with E-state index in [1.807, 2.05) is 31.8 Å². The maximum absolute atomic E-state index is 11.3. The van der Waals surface area contributed by atoms with Gasteiger partial charge in [-0.25, -0.2) is 13.1 Å². The first-order valence-corrected chi connectivity index (χ1v) is 7.69. The van der Waals surface area contributed by atoms with Gasteiger partial charge in [-0.1, -0.05) is 0 Å². The van der Waals surface area contributed by atoms with E-state index in [-0.39, 0.29) is 11.8 Å². The van der Waals surface area contributed by atoms with Gasteiger partial charge in [-0.05, 0) is 20.8 Å². The minimum atomic E-state index is -3.11. The molecule has 2 N–H and O–H groups in total. The summed E-state index contributed by atoms with van der Waals surface area (Å²) in [6, 6.07) is 0.0749. The molecule has 0 aliphatic heterocycles. The largest absolute Gasteiger partial charge is 0.309 e. The molecule has 1 aromatic rings. The van der Waals surface area contributed by atoms with E-state index >= 15 is 0 Å². The first-order valence-electron chi connectivity index (χ1n) is 6.04. The summed E-state index contributed by atoms with van der Waals surface area (Å²) in [6.45, 7) is 6.67. The summed E-state index contributed by atoms with van der Waals surface area (Å²) in [5.41, 5.74) is 2.24. The minimum Gasteiger partial charge on any atom is -0.309 e. The summed E-state index contributed by atoms with van der Waals surface area (Å²) in [7, 11) is -1.21. The van der Waals surface area contributed by atoms with Crippen LogP contribution in [0, 0.1) is 6.92 Å². The van der Waals surface area contributed by atoms with E-state index in [0.29, 0.717) is 13.1 Å². The highest BCUT2D eigenvalue weighted by Gasteiger charge is 2.10. The number of nitrogens with one attached hydrogen (secondary N) is 2. The Morgan fingerprint density at radius 3 is 2.67 bits per heavy atom. The summed E-state index contributed by atoms with van der Waals surface area (Å²) < 4.78 is 26.9. The van der Waals surface area contributed by atoms with Crippen LogP contribution < -0.4 is 10.0 Å². The molecular formula is C11H22N4O2S. The highest BCUT2D eigenvalue weighted by Crippen LogP contribution is 2.04. The van der Waals surface area contributed by atoms with Crippen molar-refractivity contribution in [2.45, 2.75) is 33.4 Å². The Morgan fingerprint density at radius 2 is 2.17 bits per heavy atom. The van der Waals surface area contributed by atoms with E-state index < -0.39 is 10.0 Å². The molecule has 0 saturated carbocycles. The van der Waals surface area contributed by atoms with Crippen molar-refractivity contribution < 1.29 is 8.42 Å². The normalized spacial score (nSPS) is 13.8. The predicted molar refractivity (Wildman–Crippen MR) is 71.7 cm³/mol. The van der Waals surface area contributed by atoms with Crippen molar-refractivity contribution in [3.05, 3.63) is 17.5 Å². The zero-order valence-electron chi connectivity index (χ0n) is 11.4. The number of rotatable bonds is 7. The minimum absolute atomic E-state index is 0.0749. The molecular weight excluding hydrogens is 252 g/mol. The van der Waals surface area contributed by atoms with Crippen LogP contribution in [0.3, 0.4) is 0 Å². The van der Waals surface area contributed by atoms with Crippen LogP contribution in [0.25, 0.3) is 0 Å². The van der Waals surface area contributed by atoms with Crippen molar-refractivity contribution in [2.24, 2.45) is 7.05 Å². The quantitative estimate of drug-likeness (QED) is 0.742. The summed E-state index contributed by atoms with van der Waals surface area (Å²) in [5.74, 6) is 0.113. The van der Waals surface area contributed by atoms with E-state index in [1.54, 1.807) is 6.92 Å². The maximum Gasteiger partial charge on any atom is 0.211 e. The number of aromatic nitrogens is 2. The zero-order valence-corrected chi connectivity index (χ0v) is 12.2. The Morgan fingerprint density at radius 1 is 1.50 bits per heavy atom. The third kappa shape index (κ3) is 4.40. The van der Waals surface area contributed by atoms with Crippen LogP contribution in [0.1, 0.15) is 25.1 Å². The van der Waals surface area contributed by atoms with E-state index in [1.165, 1.54) is 0 Å². The molecule has 1 atom stereocenters. The molecule has 6 nitrogen and oxygen atoms in total. The molecule has 0 saturated heterocycles. The molecule has 0 spiro atoms. The molecule has 1 rings (SSSR count). The Balaban J connectivity index is 2.38. The Kier molecular flexibility index (Phi) is 5.30. The molecule has 0 amide bonds. The van der Waals surface area contributed by atoms with Crippen LogP contribution in [-0.4, -0.2) is 36.5 Å². The lowest BCUT2D eigenvalue weighted by Gasteiger charge is -2.14. The molecule has 1 heterocycles. The second-order valence-electron chi connectivity index (χ2n) is 4.41. The lowest BCUT2D eigenvalue weighted by molar-refractivity contribution is 0.524. The van der Waals surface area contributed by atoms with Crippen molar-refractivity contribution in [1.29, 1.82) is 0 Å². The lowest BCUT2D eigenvalue weighted by atomic mass is 10.2. The topological polar surface area (TPSA) is 76.0 Å². The fraction of sp³-hybridized carbons (Fsp3) is 0.727. The van der Waals surface area contributed by atoms with Gasteiger partial charge in [0.1, 0.15) is 0 Å². The van der Waals surface area contributed by atoms with Crippen molar-refractivity contribution in [1.82, 2.24) is 19.8 Å². The van der Waals surface area contributed by atoms with Crippen molar-refractivity contribution in [3.63, 3.8) is 0 Å². The van der Waals surface area contributed by atoms with Crippen LogP contribution in [0.15, 0.2) is 6.20 Å². The lowest BCUT2D eigenvalue weighted by Crippen LogP contribution is -2.39. The third-order valence-electron chi connectivity index (χ3n) is 2.97. The van der Waals surface area contributed by atoms with E-state index in [2.05, 4.69) is 15.1 Å². The fourth-order valence-corrected chi connectivity index (χ4v) is 2.14. The van der Waals surface area contributed by atoms with Gasteiger partial charge >= 0.3 is 0 Å². The summed E-state index contributed by atoms with van der Waals surface area (Å²) in [6.07, 6.45) is 1.82. The zero-order chi connectivity index (χ0) is 13.8. The van der Waals surface area contributed by atoms with Crippen LogP contribution in [0.4, 0.5) is 0 Å². The van der Waals surface area contributed by atoms with Gasteiger partial charge in [0.05, 0.1) is 11.9 Å². The Bertz CT molecular complexity index is 481. The van der Waals surface area contributed by atoms with E-state index in [4.69, 9.17) is 0 Å². The molecule has 104 valence electrons. The number of sulfonamides is 1. The molecule has 18 heavy (non-hydrogen) atoms. The monoisotopic (exact) mass is 274 g/mol. The van der Waals surface area contributed by atoms with Gasteiger partial charge in [-0.2, -0.15) is 5.10 Å². The average Bonchev–Trinajstić information content (AvgIpc) is 2.65. The van der Waals surface area contributed by atoms with Gasteiger partial charge in [0.2, 0.25) is 10.0 Å². The molecule has 1 unspecified atom stereocenters. The Hall–Kier alpha value is -0.920. The average molecular weight is 274 g/mol. The van der Waals surface area contributed by atoms with Gasteiger partial charge in [0.15, 0.2) is 0 Å². The van der Waals surface area contributed by atoms with Crippen LogP contribution in [0.2, 0.25) is 0 Å². The molecule has 7 heteroatoms. The highest BCUT2D eigenvalue weighted by molar-refractivity contribution is 7.89. The maximum atomic E-state index is 11.3. The van der Waals surface area contributed by atoms with Crippen LogP contribution in [-0.2, 0) is 23.6 Å². The third-order valence-corrected chi connectivity index (χ3v) is 4.33. The highest BCUT2D eigenvalue weighted by atomic mass is 32.2. The second kappa shape index (κ2) is 6.31. The molecule has 0 radical (unpaired) electrons. The number of hydrogen-bond acceptors (Lipinski definition) is 4. The number of nitrogens with zero attached hydrogens (tertiary/aromatic N) is 2. The SMILES string of the molecule is CCS(=O)(=O)NCC(C)NCc1cnn(C)c1C. The van der Waals surface area contributed by atoms with E-state index in [0.717, 1.165) is 11.3 Å². The second-order valence-corrected chi connectivity index (χ2v) is 6.51. The van der Waals surface area contributed by atoms with Gasteiger partial charge in [-0.15, -0.1) is 0 Å². The van der Waals surface area contributed by atoms with Gasteiger partial charge in [0.25, 0.3) is 0 Å².